The Labute approximate surface area is 95.3 Å². The van der Waals surface area contributed by atoms with Gasteiger partial charge >= 0.3 is 17.9 Å². The first-order chi connectivity index (χ1) is 7.90. The Hall–Kier alpha value is -2.38. The predicted molar refractivity (Wildman–Crippen MR) is 51.2 cm³/mol. The molecule has 1 heterocycles. The van der Waals surface area contributed by atoms with E-state index >= 15 is 0 Å². The summed E-state index contributed by atoms with van der Waals surface area (Å²) in [5.41, 5.74) is 0. The molecule has 0 saturated heterocycles. The monoisotopic (exact) mass is 243 g/mol. The van der Waals surface area contributed by atoms with Gasteiger partial charge < -0.3 is 15.3 Å². The van der Waals surface area contributed by atoms with Crippen LogP contribution in [0.4, 0.5) is 0 Å². The molecule has 0 radical (unpaired) electrons. The topological polar surface area (TPSA) is 121 Å². The molecule has 8 nitrogen and oxygen atoms in total. The van der Waals surface area contributed by atoms with Crippen LogP contribution >= 0.6 is 0 Å². The van der Waals surface area contributed by atoms with E-state index in [0.717, 1.165) is 4.57 Å². The molecule has 0 amide bonds. The summed E-state index contributed by atoms with van der Waals surface area (Å²) in [6, 6.07) is -1.25. The molecular formula is C9H11N2O6+. The van der Waals surface area contributed by atoms with Crippen molar-refractivity contribution in [1.29, 1.82) is 0 Å². The van der Waals surface area contributed by atoms with Crippen LogP contribution in [0.15, 0.2) is 18.7 Å². The van der Waals surface area contributed by atoms with Crippen molar-refractivity contribution >= 4 is 17.9 Å². The van der Waals surface area contributed by atoms with E-state index in [1.54, 1.807) is 0 Å². The van der Waals surface area contributed by atoms with Crippen molar-refractivity contribution in [3.05, 3.63) is 18.7 Å². The zero-order valence-corrected chi connectivity index (χ0v) is 8.68. The third-order valence-corrected chi connectivity index (χ3v) is 2.04. The maximum absolute atomic E-state index is 10.9. The number of hydrogen-bond acceptors (Lipinski definition) is 3. The van der Waals surface area contributed by atoms with Crippen molar-refractivity contribution in [1.82, 2.24) is 4.57 Å². The second-order valence-corrected chi connectivity index (χ2v) is 3.38. The lowest BCUT2D eigenvalue weighted by molar-refractivity contribution is -0.685. The highest BCUT2D eigenvalue weighted by Gasteiger charge is 2.27. The smallest absolute Gasteiger partial charge is 0.349 e. The van der Waals surface area contributed by atoms with E-state index in [2.05, 4.69) is 0 Å². The van der Waals surface area contributed by atoms with Crippen LogP contribution in [0.25, 0.3) is 0 Å². The van der Waals surface area contributed by atoms with Crippen molar-refractivity contribution in [2.75, 3.05) is 0 Å². The van der Waals surface area contributed by atoms with Gasteiger partial charge in [0.15, 0.2) is 6.54 Å². The average Bonchev–Trinajstić information content (AvgIpc) is 2.60. The first kappa shape index (κ1) is 12.7. The minimum atomic E-state index is -1.29. The van der Waals surface area contributed by atoms with Crippen LogP contribution in [0, 0.1) is 0 Å². The zero-order chi connectivity index (χ0) is 13.0. The van der Waals surface area contributed by atoms with Crippen molar-refractivity contribution in [2.24, 2.45) is 0 Å². The van der Waals surface area contributed by atoms with Gasteiger partial charge in [-0.05, 0) is 0 Å². The summed E-state index contributed by atoms with van der Waals surface area (Å²) in [6.07, 6.45) is 3.36. The Morgan fingerprint density at radius 2 is 1.82 bits per heavy atom. The van der Waals surface area contributed by atoms with Crippen molar-refractivity contribution in [3.8, 4) is 0 Å². The Morgan fingerprint density at radius 3 is 2.29 bits per heavy atom. The fraction of sp³-hybridized carbons (Fsp3) is 0.333. The van der Waals surface area contributed by atoms with Gasteiger partial charge in [0.05, 0.1) is 6.42 Å². The standard InChI is InChI=1S/C9H10N2O6/c12-7(13)3-6(9(16)17)11-2-1-10(5-11)4-8(14)15/h1-2,5-6H,3-4H2,(H2-,12,13,14,15,16,17)/p+1. The molecule has 1 aromatic rings. The molecule has 3 N–H and O–H groups in total. The van der Waals surface area contributed by atoms with Gasteiger partial charge in [-0.15, -0.1) is 0 Å². The number of aliphatic carboxylic acids is 3. The molecule has 1 aromatic heterocycles. The van der Waals surface area contributed by atoms with Crippen LogP contribution in [0.1, 0.15) is 12.5 Å². The molecule has 1 unspecified atom stereocenters. The maximum atomic E-state index is 10.9. The lowest BCUT2D eigenvalue weighted by atomic mass is 10.2. The number of aromatic nitrogens is 2. The van der Waals surface area contributed by atoms with E-state index in [1.165, 1.54) is 23.3 Å². The number of nitrogens with zero attached hydrogens (tertiary/aromatic N) is 2. The maximum Gasteiger partial charge on any atom is 0.349 e. The fourth-order valence-corrected chi connectivity index (χ4v) is 1.33. The largest absolute Gasteiger partial charge is 0.481 e. The first-order valence-electron chi connectivity index (χ1n) is 4.63. The summed E-state index contributed by atoms with van der Waals surface area (Å²) in [6.45, 7) is -0.313. The highest BCUT2D eigenvalue weighted by molar-refractivity contribution is 5.79. The molecule has 0 spiro atoms. The SMILES string of the molecule is O=C(O)CC(C(=O)O)n1cc[n+](CC(=O)O)c1. The van der Waals surface area contributed by atoms with Crippen molar-refractivity contribution in [2.45, 2.75) is 19.0 Å². The Balaban J connectivity index is 2.87. The molecule has 92 valence electrons. The number of imidazole rings is 1. The molecule has 0 aliphatic rings. The Morgan fingerprint density at radius 1 is 1.18 bits per heavy atom. The van der Waals surface area contributed by atoms with E-state index in [0.29, 0.717) is 0 Å². The lowest BCUT2D eigenvalue weighted by Gasteiger charge is -2.04. The average molecular weight is 243 g/mol. The molecule has 1 atom stereocenters. The highest BCUT2D eigenvalue weighted by atomic mass is 16.4. The summed E-state index contributed by atoms with van der Waals surface area (Å²) in [7, 11) is 0. The molecule has 8 heteroatoms. The molecule has 0 aliphatic carbocycles. The number of hydrogen-bond donors (Lipinski definition) is 3. The van der Waals surface area contributed by atoms with Gasteiger partial charge in [-0.2, -0.15) is 0 Å². The van der Waals surface area contributed by atoms with Gasteiger partial charge in [-0.1, -0.05) is 0 Å². The van der Waals surface area contributed by atoms with E-state index < -0.39 is 30.4 Å². The summed E-state index contributed by atoms with van der Waals surface area (Å²) in [5, 5.41) is 26.0. The minimum absolute atomic E-state index is 0.313. The molecular weight excluding hydrogens is 232 g/mol. The van der Waals surface area contributed by atoms with Crippen molar-refractivity contribution < 1.29 is 34.3 Å². The second-order valence-electron chi connectivity index (χ2n) is 3.38. The quantitative estimate of drug-likeness (QED) is 0.549. The molecule has 1 rings (SSSR count). The van der Waals surface area contributed by atoms with Gasteiger partial charge in [0.1, 0.15) is 12.4 Å². The van der Waals surface area contributed by atoms with E-state index in [9.17, 15) is 14.4 Å². The van der Waals surface area contributed by atoms with Gasteiger partial charge in [0, 0.05) is 0 Å². The number of carboxylic acid groups (broad SMARTS) is 3. The Bertz CT molecular complexity index is 452. The number of carbonyl (C=O) groups is 3. The predicted octanol–water partition coefficient (Wildman–Crippen LogP) is -1.04. The van der Waals surface area contributed by atoms with Crippen LogP contribution in [0.2, 0.25) is 0 Å². The third kappa shape index (κ3) is 3.59. The zero-order valence-electron chi connectivity index (χ0n) is 8.68. The minimum Gasteiger partial charge on any atom is -0.481 e. The van der Waals surface area contributed by atoms with Crippen LogP contribution in [0.3, 0.4) is 0 Å². The van der Waals surface area contributed by atoms with Crippen LogP contribution in [0.5, 0.6) is 0 Å². The highest BCUT2D eigenvalue weighted by Crippen LogP contribution is 2.10. The van der Waals surface area contributed by atoms with Crippen LogP contribution in [-0.4, -0.2) is 37.8 Å². The van der Waals surface area contributed by atoms with E-state index in [-0.39, 0.29) is 6.54 Å². The van der Waals surface area contributed by atoms with Crippen LogP contribution < -0.4 is 4.57 Å². The molecule has 0 aromatic carbocycles. The van der Waals surface area contributed by atoms with Gasteiger partial charge in [-0.25, -0.2) is 18.7 Å². The molecule has 0 aliphatic heterocycles. The van der Waals surface area contributed by atoms with Gasteiger partial charge in [0.25, 0.3) is 0 Å². The summed E-state index contributed by atoms with van der Waals surface area (Å²) in [4.78, 5) is 31.8. The van der Waals surface area contributed by atoms with Gasteiger partial charge in [0.2, 0.25) is 12.4 Å². The summed E-state index contributed by atoms with van der Waals surface area (Å²) in [5.74, 6) is -3.60. The van der Waals surface area contributed by atoms with E-state index in [1.807, 2.05) is 0 Å². The molecule has 17 heavy (non-hydrogen) atoms. The molecule has 0 fully saturated rings. The van der Waals surface area contributed by atoms with Crippen LogP contribution in [-0.2, 0) is 20.9 Å². The van der Waals surface area contributed by atoms with E-state index in [4.69, 9.17) is 15.3 Å². The normalized spacial score (nSPS) is 12.0. The fourth-order valence-electron chi connectivity index (χ4n) is 1.33. The number of rotatable bonds is 6. The summed E-state index contributed by atoms with van der Waals surface area (Å²) >= 11 is 0. The van der Waals surface area contributed by atoms with Gasteiger partial charge in [-0.3, -0.25) is 4.79 Å². The summed E-state index contributed by atoms with van der Waals surface area (Å²) < 4.78 is 2.40. The Kier molecular flexibility index (Phi) is 3.81. The lowest BCUT2D eigenvalue weighted by Crippen LogP contribution is -2.36. The number of carboxylic acids is 3. The molecule has 0 saturated carbocycles. The third-order valence-electron chi connectivity index (χ3n) is 2.04. The second kappa shape index (κ2) is 5.10. The van der Waals surface area contributed by atoms with Crippen molar-refractivity contribution in [3.63, 3.8) is 0 Å². The molecule has 0 bridgehead atoms. The first-order valence-corrected chi connectivity index (χ1v) is 4.63.